The monoisotopic (exact) mass is 510 g/mol. The van der Waals surface area contributed by atoms with Gasteiger partial charge in [0.2, 0.25) is 0 Å². The van der Waals surface area contributed by atoms with E-state index in [1.165, 1.54) is 56.9 Å². The maximum atomic E-state index is 12.8. The van der Waals surface area contributed by atoms with Gasteiger partial charge in [-0.3, -0.25) is 4.79 Å². The number of esters is 1. The highest BCUT2D eigenvalue weighted by Crippen LogP contribution is 2.72. The average molecular weight is 511 g/mol. The number of hydrogen-bond donors (Lipinski definition) is 0. The van der Waals surface area contributed by atoms with Crippen LogP contribution in [0.15, 0.2) is 22.8 Å². The summed E-state index contributed by atoms with van der Waals surface area (Å²) in [7, 11) is 0. The highest BCUT2D eigenvalue weighted by atomic mass is 16.5. The molecule has 0 aromatic rings. The molecule has 4 rings (SSSR count). The first kappa shape index (κ1) is 28.9. The molecular weight excluding hydrogens is 452 g/mol. The molecule has 0 bridgehead atoms. The highest BCUT2D eigenvalue weighted by molar-refractivity contribution is 5.75. The number of ether oxygens (including phenoxy) is 1. The molecule has 0 unspecified atom stereocenters. The molecule has 2 heteroatoms. The van der Waals surface area contributed by atoms with E-state index in [0.717, 1.165) is 24.7 Å². The van der Waals surface area contributed by atoms with Gasteiger partial charge in [-0.25, -0.2) is 0 Å². The van der Waals surface area contributed by atoms with Gasteiger partial charge in [0.05, 0.1) is 5.41 Å². The summed E-state index contributed by atoms with van der Waals surface area (Å²) >= 11 is 0. The lowest BCUT2D eigenvalue weighted by Crippen LogP contribution is -2.56. The molecule has 4 aliphatic carbocycles. The van der Waals surface area contributed by atoms with Crippen LogP contribution in [-0.2, 0) is 9.53 Å². The van der Waals surface area contributed by atoms with E-state index < -0.39 is 5.41 Å². The Labute approximate surface area is 229 Å². The predicted octanol–water partition coefficient (Wildman–Crippen LogP) is 10.1. The van der Waals surface area contributed by atoms with Crippen LogP contribution < -0.4 is 0 Å². The zero-order valence-corrected chi connectivity index (χ0v) is 26.3. The Balaban J connectivity index is 1.60. The van der Waals surface area contributed by atoms with Crippen molar-refractivity contribution in [1.29, 1.82) is 0 Å². The fourth-order valence-electron chi connectivity index (χ4n) is 9.97. The second kappa shape index (κ2) is 9.55. The first-order chi connectivity index (χ1) is 17.0. The lowest BCUT2D eigenvalue weighted by atomic mass is 9.43. The Kier molecular flexibility index (Phi) is 7.47. The highest BCUT2D eigenvalue weighted by Gasteiger charge is 2.63. The van der Waals surface area contributed by atoms with E-state index in [1.807, 2.05) is 31.9 Å². The summed E-state index contributed by atoms with van der Waals surface area (Å²) in [5.41, 5.74) is 5.74. The molecule has 37 heavy (non-hydrogen) atoms. The van der Waals surface area contributed by atoms with Crippen molar-refractivity contribution in [3.63, 3.8) is 0 Å². The number of rotatable bonds is 5. The molecule has 0 spiro atoms. The minimum absolute atomic E-state index is 0.00570. The fraction of sp³-hybridized carbons (Fsp3) is 0.857. The molecule has 2 fully saturated rings. The average Bonchev–Trinajstić information content (AvgIpc) is 3.06. The molecular formula is C35H58O2. The van der Waals surface area contributed by atoms with Crippen LogP contribution in [0.1, 0.15) is 140 Å². The van der Waals surface area contributed by atoms with Crippen LogP contribution >= 0.6 is 0 Å². The van der Waals surface area contributed by atoms with Crippen LogP contribution in [-0.4, -0.2) is 12.1 Å². The van der Waals surface area contributed by atoms with E-state index in [-0.39, 0.29) is 22.9 Å². The summed E-state index contributed by atoms with van der Waals surface area (Å²) in [6.07, 6.45) is 15.1. The van der Waals surface area contributed by atoms with Crippen LogP contribution in [0.3, 0.4) is 0 Å². The van der Waals surface area contributed by atoms with E-state index in [9.17, 15) is 4.79 Å². The predicted molar refractivity (Wildman–Crippen MR) is 156 cm³/mol. The van der Waals surface area contributed by atoms with Gasteiger partial charge in [0.15, 0.2) is 0 Å². The molecule has 0 heterocycles. The van der Waals surface area contributed by atoms with Crippen LogP contribution in [0, 0.1) is 44.8 Å². The van der Waals surface area contributed by atoms with Crippen molar-refractivity contribution in [2.45, 2.75) is 146 Å². The van der Waals surface area contributed by atoms with E-state index in [4.69, 9.17) is 4.74 Å². The van der Waals surface area contributed by atoms with Gasteiger partial charge < -0.3 is 4.74 Å². The number of carbonyl (C=O) groups excluding carboxylic acids is 1. The SMILES string of the molecule is CC(C)=CCC[C@@H](C)[C@H]1CC[C@@]2(C)C3=C(CC[C@]12C)[C@@]1(C)CC[C@H](OC(=O)C(C)(C)C)C(C)(C)[C@@H]1CC3. The third kappa shape index (κ3) is 4.59. The topological polar surface area (TPSA) is 26.3 Å². The van der Waals surface area contributed by atoms with Gasteiger partial charge in [-0.05, 0) is 133 Å². The van der Waals surface area contributed by atoms with Gasteiger partial charge in [0, 0.05) is 5.41 Å². The maximum absolute atomic E-state index is 12.8. The van der Waals surface area contributed by atoms with E-state index in [2.05, 4.69) is 61.5 Å². The molecule has 210 valence electrons. The summed E-state index contributed by atoms with van der Waals surface area (Å²) in [5.74, 6) is 2.18. The van der Waals surface area contributed by atoms with Crippen LogP contribution in [0.5, 0.6) is 0 Å². The van der Waals surface area contributed by atoms with Crippen molar-refractivity contribution in [2.24, 2.45) is 44.8 Å². The summed E-state index contributed by atoms with van der Waals surface area (Å²) in [5, 5.41) is 0. The fourth-order valence-corrected chi connectivity index (χ4v) is 9.97. The number of hydrogen-bond acceptors (Lipinski definition) is 2. The Morgan fingerprint density at radius 1 is 0.973 bits per heavy atom. The Morgan fingerprint density at radius 2 is 1.65 bits per heavy atom. The molecule has 0 saturated heterocycles. The summed E-state index contributed by atoms with van der Waals surface area (Å²) in [6, 6.07) is 0. The van der Waals surface area contributed by atoms with Gasteiger partial charge in [-0.2, -0.15) is 0 Å². The summed E-state index contributed by atoms with van der Waals surface area (Å²) in [6.45, 7) is 25.7. The first-order valence-electron chi connectivity index (χ1n) is 15.6. The normalized spacial score (nSPS) is 39.8. The smallest absolute Gasteiger partial charge is 0.311 e. The van der Waals surface area contributed by atoms with Crippen molar-refractivity contribution in [2.75, 3.05) is 0 Å². The van der Waals surface area contributed by atoms with Crippen molar-refractivity contribution in [3.05, 3.63) is 22.8 Å². The minimum Gasteiger partial charge on any atom is -0.461 e. The minimum atomic E-state index is -0.441. The van der Waals surface area contributed by atoms with Crippen LogP contribution in [0.25, 0.3) is 0 Å². The molecule has 0 aliphatic heterocycles. The van der Waals surface area contributed by atoms with E-state index in [1.54, 1.807) is 0 Å². The van der Waals surface area contributed by atoms with Crippen molar-refractivity contribution in [3.8, 4) is 0 Å². The van der Waals surface area contributed by atoms with Crippen LogP contribution in [0.2, 0.25) is 0 Å². The second-order valence-electron chi connectivity index (χ2n) is 16.2. The zero-order valence-electron chi connectivity index (χ0n) is 26.3. The van der Waals surface area contributed by atoms with Crippen molar-refractivity contribution >= 4 is 5.97 Å². The van der Waals surface area contributed by atoms with Crippen molar-refractivity contribution in [1.82, 2.24) is 0 Å². The second-order valence-corrected chi connectivity index (χ2v) is 16.2. The van der Waals surface area contributed by atoms with Gasteiger partial charge in [0.25, 0.3) is 0 Å². The quantitative estimate of drug-likeness (QED) is 0.272. The van der Waals surface area contributed by atoms with Gasteiger partial charge in [-0.15, -0.1) is 0 Å². The largest absolute Gasteiger partial charge is 0.461 e. The third-order valence-electron chi connectivity index (χ3n) is 12.5. The number of fused-ring (bicyclic) bond motifs is 4. The number of carbonyl (C=O) groups is 1. The Hall–Kier alpha value is -1.05. The summed E-state index contributed by atoms with van der Waals surface area (Å²) < 4.78 is 6.23. The lowest BCUT2D eigenvalue weighted by Gasteiger charge is -2.62. The maximum Gasteiger partial charge on any atom is 0.311 e. The molecule has 0 radical (unpaired) electrons. The van der Waals surface area contributed by atoms with Crippen molar-refractivity contribution < 1.29 is 9.53 Å². The molecule has 2 saturated carbocycles. The number of allylic oxidation sites excluding steroid dienone is 4. The zero-order chi connectivity index (χ0) is 27.6. The lowest BCUT2D eigenvalue weighted by molar-refractivity contribution is -0.178. The molecule has 0 amide bonds. The van der Waals surface area contributed by atoms with E-state index >= 15 is 0 Å². The van der Waals surface area contributed by atoms with Gasteiger partial charge in [-0.1, -0.05) is 64.3 Å². The summed E-state index contributed by atoms with van der Waals surface area (Å²) in [4.78, 5) is 12.8. The van der Waals surface area contributed by atoms with Gasteiger partial charge in [0.1, 0.15) is 6.10 Å². The third-order valence-corrected chi connectivity index (χ3v) is 12.5. The molecule has 2 nitrogen and oxygen atoms in total. The molecule has 0 aromatic carbocycles. The molecule has 7 atom stereocenters. The standard InChI is InChI=1S/C35H58O2/c1-23(2)13-12-14-24(3)25-17-21-35(11)27-15-16-28-32(7,8)29(37-30(36)31(4,5)6)19-20-33(28,9)26(27)18-22-34(25,35)10/h13,24-25,28-29H,12,14-22H2,1-11H3/t24-,25-,28+,29+,33-,34-,35+/m1/s1. The molecule has 0 N–H and O–H groups in total. The molecule has 4 aliphatic rings. The molecule has 0 aromatic heterocycles. The Bertz CT molecular complexity index is 956. The van der Waals surface area contributed by atoms with E-state index in [0.29, 0.717) is 16.7 Å². The first-order valence-corrected chi connectivity index (χ1v) is 15.6. The van der Waals surface area contributed by atoms with Gasteiger partial charge >= 0.3 is 5.97 Å². The van der Waals surface area contributed by atoms with Crippen LogP contribution in [0.4, 0.5) is 0 Å². The Morgan fingerprint density at radius 3 is 2.27 bits per heavy atom.